The first-order valence-corrected chi connectivity index (χ1v) is 8.06. The number of aryl methyl sites for hydroxylation is 2. The summed E-state index contributed by atoms with van der Waals surface area (Å²) in [6.45, 7) is 7.72. The lowest BCUT2D eigenvalue weighted by Crippen LogP contribution is -2.48. The van der Waals surface area contributed by atoms with E-state index in [9.17, 15) is 4.79 Å². The largest absolute Gasteiger partial charge is 0.485 e. The smallest absolute Gasteiger partial charge is 0.188 e. The average Bonchev–Trinajstić information content (AvgIpc) is 2.42. The highest BCUT2D eigenvalue weighted by Gasteiger charge is 2.44. The van der Waals surface area contributed by atoms with Crippen LogP contribution in [0.1, 0.15) is 35.6 Å². The van der Waals surface area contributed by atoms with Crippen LogP contribution in [0.5, 0.6) is 5.75 Å². The molecule has 1 aliphatic rings. The Balaban J connectivity index is 1.97. The van der Waals surface area contributed by atoms with Crippen LogP contribution in [0.2, 0.25) is 0 Å². The van der Waals surface area contributed by atoms with Gasteiger partial charge in [0.1, 0.15) is 16.6 Å². The average molecular weight is 314 g/mol. The number of ketones is 1. The summed E-state index contributed by atoms with van der Waals surface area (Å²) in [6.07, 6.45) is 0. The van der Waals surface area contributed by atoms with E-state index in [0.29, 0.717) is 16.5 Å². The van der Waals surface area contributed by atoms with Crippen LogP contribution in [0.15, 0.2) is 35.5 Å². The quantitative estimate of drug-likeness (QED) is 0.793. The number of carbonyl (C=O) groups is 1. The fourth-order valence-electron chi connectivity index (χ4n) is 2.60. The highest BCUT2D eigenvalue weighted by Crippen LogP contribution is 2.40. The number of hydrogen-bond donors (Lipinski definition) is 0. The maximum Gasteiger partial charge on any atom is 0.188 e. The van der Waals surface area contributed by atoms with Crippen LogP contribution >= 0.6 is 11.8 Å². The number of hydrogen-bond acceptors (Lipinski definition) is 5. The molecule has 22 heavy (non-hydrogen) atoms. The van der Waals surface area contributed by atoms with Gasteiger partial charge in [-0.1, -0.05) is 23.9 Å². The fourth-order valence-corrected chi connectivity index (χ4v) is 3.77. The fraction of sp³-hybridized carbons (Fsp3) is 0.353. The molecule has 0 bridgehead atoms. The van der Waals surface area contributed by atoms with Gasteiger partial charge in [0, 0.05) is 11.4 Å². The number of thioether (sulfide) groups is 1. The number of carbonyl (C=O) groups excluding carboxylic acids is 1. The monoisotopic (exact) mass is 314 g/mol. The van der Waals surface area contributed by atoms with Gasteiger partial charge in [-0.15, -0.1) is 0 Å². The Hall–Kier alpha value is -1.88. The van der Waals surface area contributed by atoms with Crippen molar-refractivity contribution in [2.45, 2.75) is 43.7 Å². The number of para-hydroxylation sites is 1. The van der Waals surface area contributed by atoms with Crippen LogP contribution in [0.25, 0.3) is 0 Å². The molecule has 0 N–H and O–H groups in total. The van der Waals surface area contributed by atoms with Gasteiger partial charge in [0.2, 0.25) is 0 Å². The number of aromatic nitrogens is 2. The molecule has 1 aromatic carbocycles. The lowest BCUT2D eigenvalue weighted by Gasteiger charge is -2.37. The van der Waals surface area contributed by atoms with Crippen LogP contribution in [0, 0.1) is 13.8 Å². The third-order valence-corrected chi connectivity index (χ3v) is 4.99. The Morgan fingerprint density at radius 3 is 2.45 bits per heavy atom. The molecule has 0 unspecified atom stereocenters. The molecule has 0 radical (unpaired) electrons. The molecule has 3 rings (SSSR count). The molecule has 1 aromatic heterocycles. The zero-order chi connectivity index (χ0) is 15.9. The molecule has 0 fully saturated rings. The van der Waals surface area contributed by atoms with Crippen LogP contribution in [0.4, 0.5) is 0 Å². The Morgan fingerprint density at radius 1 is 1.14 bits per heavy atom. The molecule has 0 saturated heterocycles. The van der Waals surface area contributed by atoms with Gasteiger partial charge in [0.25, 0.3) is 0 Å². The zero-order valence-electron chi connectivity index (χ0n) is 13.1. The van der Waals surface area contributed by atoms with Crippen LogP contribution in [0.3, 0.4) is 0 Å². The molecule has 1 aliphatic heterocycles. The summed E-state index contributed by atoms with van der Waals surface area (Å²) < 4.78 is 6.04. The Labute approximate surface area is 134 Å². The highest BCUT2D eigenvalue weighted by molar-refractivity contribution is 8.00. The van der Waals surface area contributed by atoms with Crippen molar-refractivity contribution in [1.82, 2.24) is 9.97 Å². The second-order valence-electron chi connectivity index (χ2n) is 6.00. The Kier molecular flexibility index (Phi) is 3.68. The van der Waals surface area contributed by atoms with E-state index in [4.69, 9.17) is 4.74 Å². The lowest BCUT2D eigenvalue weighted by molar-refractivity contribution is 0.0656. The summed E-state index contributed by atoms with van der Waals surface area (Å²) in [5.41, 5.74) is 1.82. The van der Waals surface area contributed by atoms with Gasteiger partial charge < -0.3 is 4.74 Å². The minimum absolute atomic E-state index is 0.0691. The minimum atomic E-state index is -0.614. The van der Waals surface area contributed by atoms with Gasteiger partial charge in [0.05, 0.1) is 5.56 Å². The van der Waals surface area contributed by atoms with Gasteiger partial charge >= 0.3 is 0 Å². The van der Waals surface area contributed by atoms with Crippen molar-refractivity contribution in [2.75, 3.05) is 0 Å². The summed E-state index contributed by atoms with van der Waals surface area (Å²) in [7, 11) is 0. The van der Waals surface area contributed by atoms with Crippen molar-refractivity contribution in [3.63, 3.8) is 0 Å². The predicted octanol–water partition coefficient (Wildman–Crippen LogP) is 3.61. The normalized spacial score (nSPS) is 19.5. The number of rotatable bonds is 2. The molecule has 114 valence electrons. The van der Waals surface area contributed by atoms with Gasteiger partial charge in [-0.2, -0.15) is 0 Å². The molecule has 1 atom stereocenters. The molecule has 5 heteroatoms. The zero-order valence-corrected chi connectivity index (χ0v) is 13.9. The molecule has 0 spiro atoms. The van der Waals surface area contributed by atoms with Gasteiger partial charge in [-0.25, -0.2) is 9.97 Å². The van der Waals surface area contributed by atoms with E-state index in [0.717, 1.165) is 11.4 Å². The molecule has 2 heterocycles. The van der Waals surface area contributed by atoms with Crippen molar-refractivity contribution in [3.05, 3.63) is 47.3 Å². The first kappa shape index (κ1) is 15.0. The third kappa shape index (κ3) is 2.73. The summed E-state index contributed by atoms with van der Waals surface area (Å²) in [4.78, 5) is 21.7. The van der Waals surface area contributed by atoms with E-state index in [1.165, 1.54) is 11.8 Å². The highest BCUT2D eigenvalue weighted by atomic mass is 32.2. The SMILES string of the molecule is Cc1cc(C)nc(S[C@H]2C(=O)c3ccccc3OC2(C)C)n1. The maximum atomic E-state index is 12.9. The van der Waals surface area contributed by atoms with Crippen molar-refractivity contribution in [2.24, 2.45) is 0 Å². The van der Waals surface area contributed by atoms with E-state index in [1.54, 1.807) is 0 Å². The predicted molar refractivity (Wildman–Crippen MR) is 86.6 cm³/mol. The van der Waals surface area contributed by atoms with Crippen molar-refractivity contribution >= 4 is 17.5 Å². The second kappa shape index (κ2) is 5.39. The number of nitrogens with zero attached hydrogens (tertiary/aromatic N) is 2. The molecule has 0 aliphatic carbocycles. The molecule has 0 saturated carbocycles. The Morgan fingerprint density at radius 2 is 1.77 bits per heavy atom. The summed E-state index contributed by atoms with van der Waals surface area (Å²) in [5, 5.41) is 0.246. The molecule has 0 amide bonds. The van der Waals surface area contributed by atoms with E-state index in [1.807, 2.05) is 58.0 Å². The first-order chi connectivity index (χ1) is 10.4. The number of ether oxygens (including phenoxy) is 1. The van der Waals surface area contributed by atoms with Gasteiger partial charge in [-0.05, 0) is 45.9 Å². The van der Waals surface area contributed by atoms with Gasteiger partial charge in [0.15, 0.2) is 10.9 Å². The lowest BCUT2D eigenvalue weighted by atomic mass is 9.92. The topological polar surface area (TPSA) is 52.1 Å². The van der Waals surface area contributed by atoms with E-state index in [2.05, 4.69) is 9.97 Å². The van der Waals surface area contributed by atoms with Crippen LogP contribution in [-0.2, 0) is 0 Å². The summed E-state index contributed by atoms with van der Waals surface area (Å²) in [6, 6.07) is 9.30. The first-order valence-electron chi connectivity index (χ1n) is 7.18. The summed E-state index contributed by atoms with van der Waals surface area (Å²) in [5.74, 6) is 0.718. The molecular weight excluding hydrogens is 296 g/mol. The van der Waals surface area contributed by atoms with E-state index in [-0.39, 0.29) is 11.0 Å². The Bertz CT molecular complexity index is 723. The van der Waals surface area contributed by atoms with Gasteiger partial charge in [-0.3, -0.25) is 4.79 Å². The van der Waals surface area contributed by atoms with E-state index >= 15 is 0 Å². The van der Waals surface area contributed by atoms with Crippen LogP contribution in [-0.4, -0.2) is 26.6 Å². The van der Waals surface area contributed by atoms with Crippen molar-refractivity contribution in [3.8, 4) is 5.75 Å². The van der Waals surface area contributed by atoms with Crippen molar-refractivity contribution < 1.29 is 9.53 Å². The number of benzene rings is 1. The standard InChI is InChI=1S/C17H18N2O2S/c1-10-9-11(2)19-16(18-10)22-15-14(20)12-7-5-6-8-13(12)21-17(15,3)4/h5-9,15H,1-4H3/t15-/m0/s1. The van der Waals surface area contributed by atoms with E-state index < -0.39 is 5.60 Å². The molecule has 2 aromatic rings. The molecular formula is C17H18N2O2S. The second-order valence-corrected chi connectivity index (χ2v) is 7.07. The minimum Gasteiger partial charge on any atom is -0.485 e. The maximum absolute atomic E-state index is 12.9. The summed E-state index contributed by atoms with van der Waals surface area (Å²) >= 11 is 1.37. The van der Waals surface area contributed by atoms with Crippen molar-refractivity contribution in [1.29, 1.82) is 0 Å². The molecule has 4 nitrogen and oxygen atoms in total. The number of fused-ring (bicyclic) bond motifs is 1. The van der Waals surface area contributed by atoms with Crippen LogP contribution < -0.4 is 4.74 Å². The number of Topliss-reactive ketones (excluding diaryl/α,β-unsaturated/α-hetero) is 1. The third-order valence-electron chi connectivity index (χ3n) is 3.58.